The molecule has 0 aromatic heterocycles. The predicted octanol–water partition coefficient (Wildman–Crippen LogP) is 3.04. The van der Waals surface area contributed by atoms with Gasteiger partial charge < -0.3 is 14.6 Å². The molecule has 34 heavy (non-hydrogen) atoms. The van der Waals surface area contributed by atoms with E-state index < -0.39 is 64.4 Å². The Balaban J connectivity index is 1.83. The first-order chi connectivity index (χ1) is 15.7. The fourth-order valence-electron chi connectivity index (χ4n) is 7.71. The van der Waals surface area contributed by atoms with Crippen LogP contribution in [0.4, 0.5) is 4.39 Å². The third-order valence-corrected chi connectivity index (χ3v) is 9.34. The number of hydrogen-bond acceptors (Lipinski definition) is 7. The zero-order valence-electron chi connectivity index (χ0n) is 20.4. The number of halogens is 1. The summed E-state index contributed by atoms with van der Waals surface area (Å²) in [5.74, 6) is -3.62. The molecule has 4 aliphatic carbocycles. The molecule has 1 N–H and O–H groups in total. The third kappa shape index (κ3) is 3.10. The first-order valence-electron chi connectivity index (χ1n) is 11.9. The van der Waals surface area contributed by atoms with Gasteiger partial charge in [-0.05, 0) is 56.6 Å². The maximum atomic E-state index is 17.6. The fourth-order valence-corrected chi connectivity index (χ4v) is 7.71. The Kier molecular flexibility index (Phi) is 5.71. The van der Waals surface area contributed by atoms with Crippen molar-refractivity contribution in [2.75, 3.05) is 6.61 Å². The second-order valence-corrected chi connectivity index (χ2v) is 11.0. The Morgan fingerprint density at radius 1 is 1.18 bits per heavy atom. The smallest absolute Gasteiger partial charge is 0.303 e. The molecular weight excluding hydrogens is 443 g/mol. The quantitative estimate of drug-likeness (QED) is 0.622. The molecule has 8 atom stereocenters. The third-order valence-electron chi connectivity index (χ3n) is 9.34. The number of ketones is 2. The minimum absolute atomic E-state index is 0.0679. The van der Waals surface area contributed by atoms with E-state index in [2.05, 4.69) is 0 Å². The zero-order valence-corrected chi connectivity index (χ0v) is 20.4. The van der Waals surface area contributed by atoms with Crippen LogP contribution in [0.2, 0.25) is 0 Å². The lowest BCUT2D eigenvalue weighted by Gasteiger charge is -2.63. The largest absolute Gasteiger partial charge is 0.459 e. The number of allylic oxidation sites excluding steroid dienone is 4. The monoisotopic (exact) mass is 476 g/mol. The summed E-state index contributed by atoms with van der Waals surface area (Å²) in [4.78, 5) is 48.7. The van der Waals surface area contributed by atoms with E-state index in [1.165, 1.54) is 26.0 Å². The molecule has 0 saturated heterocycles. The van der Waals surface area contributed by atoms with E-state index in [9.17, 15) is 24.3 Å². The van der Waals surface area contributed by atoms with Crippen LogP contribution in [0.1, 0.15) is 60.3 Å². The van der Waals surface area contributed by atoms with Gasteiger partial charge in [0.15, 0.2) is 18.1 Å². The number of esters is 2. The molecule has 8 heteroatoms. The number of rotatable bonds is 4. The van der Waals surface area contributed by atoms with E-state index in [1.54, 1.807) is 26.8 Å². The van der Waals surface area contributed by atoms with E-state index in [0.717, 1.165) is 0 Å². The average Bonchev–Trinajstić information content (AvgIpc) is 2.94. The molecule has 186 valence electrons. The standard InChI is InChI=1S/C26H33FO7/c1-14-10-20-19-7-6-17-11-18(30)8-9-23(17,4)25(19,27)22(34-16(3)29)12-24(20,5)26(14,32)21(31)13-33-15(2)28/h8-9,11,14,19-20,22,32H,6-7,10,12-13H2,1-5H3/t14?,19?,20?,22?,23-,24-,25-,26-/m0/s1. The van der Waals surface area contributed by atoms with Gasteiger partial charge in [-0.2, -0.15) is 0 Å². The minimum atomic E-state index is -2.02. The van der Waals surface area contributed by atoms with Crippen LogP contribution in [-0.2, 0) is 28.7 Å². The van der Waals surface area contributed by atoms with Gasteiger partial charge in [0.05, 0.1) is 0 Å². The Labute approximate surface area is 198 Å². The number of alkyl halides is 1. The molecule has 0 spiro atoms. The number of ether oxygens (including phenoxy) is 2. The summed E-state index contributed by atoms with van der Waals surface area (Å²) in [6.07, 6.45) is 4.43. The van der Waals surface area contributed by atoms with Gasteiger partial charge >= 0.3 is 11.9 Å². The van der Waals surface area contributed by atoms with Crippen molar-refractivity contribution >= 4 is 23.5 Å². The number of Topliss-reactive ketones (excluding diaryl/α,β-unsaturated/α-hetero) is 1. The molecule has 3 fully saturated rings. The molecular formula is C26H33FO7. The molecule has 0 heterocycles. The van der Waals surface area contributed by atoms with Crippen LogP contribution in [0.25, 0.3) is 0 Å². The van der Waals surface area contributed by atoms with Gasteiger partial charge in [-0.15, -0.1) is 0 Å². The summed E-state index contributed by atoms with van der Waals surface area (Å²) >= 11 is 0. The number of fused-ring (bicyclic) bond motifs is 5. The lowest BCUT2D eigenvalue weighted by atomic mass is 9.44. The van der Waals surface area contributed by atoms with Crippen molar-refractivity contribution in [3.8, 4) is 0 Å². The van der Waals surface area contributed by atoms with Gasteiger partial charge in [0.2, 0.25) is 5.78 Å². The van der Waals surface area contributed by atoms with Crippen molar-refractivity contribution < 1.29 is 38.1 Å². The van der Waals surface area contributed by atoms with E-state index in [1.807, 2.05) is 0 Å². The maximum Gasteiger partial charge on any atom is 0.303 e. The van der Waals surface area contributed by atoms with Crippen LogP contribution < -0.4 is 0 Å². The molecule has 4 rings (SSSR count). The summed E-state index contributed by atoms with van der Waals surface area (Å²) in [6.45, 7) is 7.08. The Bertz CT molecular complexity index is 1020. The van der Waals surface area contributed by atoms with Crippen molar-refractivity contribution in [2.45, 2.75) is 77.7 Å². The Hall–Kier alpha value is -2.35. The van der Waals surface area contributed by atoms with Crippen molar-refractivity contribution in [1.82, 2.24) is 0 Å². The van der Waals surface area contributed by atoms with Crippen LogP contribution in [0.5, 0.6) is 0 Å². The molecule has 0 bridgehead atoms. The highest BCUT2D eigenvalue weighted by Crippen LogP contribution is 2.71. The number of hydrogen-bond donors (Lipinski definition) is 1. The molecule has 3 saturated carbocycles. The van der Waals surface area contributed by atoms with Gasteiger partial charge in [-0.25, -0.2) is 4.39 Å². The van der Waals surface area contributed by atoms with E-state index in [4.69, 9.17) is 9.47 Å². The average molecular weight is 477 g/mol. The van der Waals surface area contributed by atoms with Crippen molar-refractivity contribution in [1.29, 1.82) is 0 Å². The second-order valence-electron chi connectivity index (χ2n) is 11.0. The first-order valence-corrected chi connectivity index (χ1v) is 11.9. The van der Waals surface area contributed by atoms with E-state index >= 15 is 4.39 Å². The minimum Gasteiger partial charge on any atom is -0.459 e. The highest BCUT2D eigenvalue weighted by atomic mass is 19.1. The lowest BCUT2D eigenvalue weighted by Crippen LogP contribution is -2.70. The topological polar surface area (TPSA) is 107 Å². The molecule has 4 unspecified atom stereocenters. The normalized spacial score (nSPS) is 44.9. The summed E-state index contributed by atoms with van der Waals surface area (Å²) in [5, 5.41) is 11.9. The summed E-state index contributed by atoms with van der Waals surface area (Å²) in [5.41, 5.74) is -5.48. The van der Waals surface area contributed by atoms with Crippen LogP contribution in [-0.4, -0.2) is 52.6 Å². The summed E-state index contributed by atoms with van der Waals surface area (Å²) in [7, 11) is 0. The number of carbonyl (C=O) groups excluding carboxylic acids is 4. The van der Waals surface area contributed by atoms with Gasteiger partial charge in [-0.3, -0.25) is 19.2 Å². The molecule has 0 amide bonds. The highest BCUT2D eigenvalue weighted by molar-refractivity contribution is 6.01. The SMILES string of the molecule is CC(=O)OCC(=O)[C@@]1(O)C(C)CC2C3CCC4=CC(=O)C=C[C@]4(C)[C@@]3(F)C(OC(C)=O)C[C@@]21C. The van der Waals surface area contributed by atoms with Crippen LogP contribution in [0, 0.1) is 28.6 Å². The van der Waals surface area contributed by atoms with Gasteiger partial charge in [0.25, 0.3) is 0 Å². The highest BCUT2D eigenvalue weighted by Gasteiger charge is 2.76. The van der Waals surface area contributed by atoms with Crippen LogP contribution in [0.15, 0.2) is 23.8 Å². The number of aliphatic hydroxyl groups is 1. The summed E-state index contributed by atoms with van der Waals surface area (Å²) in [6, 6.07) is 0. The predicted molar refractivity (Wildman–Crippen MR) is 119 cm³/mol. The fraction of sp³-hybridized carbons (Fsp3) is 0.692. The van der Waals surface area contributed by atoms with Crippen molar-refractivity contribution in [3.05, 3.63) is 23.8 Å². The Morgan fingerprint density at radius 2 is 1.85 bits per heavy atom. The van der Waals surface area contributed by atoms with Crippen molar-refractivity contribution in [2.24, 2.45) is 28.6 Å². The lowest BCUT2D eigenvalue weighted by molar-refractivity contribution is -0.229. The molecule has 4 aliphatic rings. The maximum absolute atomic E-state index is 17.6. The van der Waals surface area contributed by atoms with E-state index in [0.29, 0.717) is 24.8 Å². The van der Waals surface area contributed by atoms with E-state index in [-0.39, 0.29) is 18.1 Å². The van der Waals surface area contributed by atoms with Crippen LogP contribution in [0.3, 0.4) is 0 Å². The Morgan fingerprint density at radius 3 is 2.47 bits per heavy atom. The van der Waals surface area contributed by atoms with Crippen molar-refractivity contribution in [3.63, 3.8) is 0 Å². The summed E-state index contributed by atoms with van der Waals surface area (Å²) < 4.78 is 28.1. The van der Waals surface area contributed by atoms with Gasteiger partial charge in [0.1, 0.15) is 11.7 Å². The second kappa shape index (κ2) is 7.83. The van der Waals surface area contributed by atoms with Crippen LogP contribution >= 0.6 is 0 Å². The zero-order chi connectivity index (χ0) is 25.3. The van der Waals surface area contributed by atoms with Gasteiger partial charge in [0, 0.05) is 30.6 Å². The molecule has 0 radical (unpaired) electrons. The molecule has 0 aliphatic heterocycles. The van der Waals surface area contributed by atoms with Gasteiger partial charge in [-0.1, -0.05) is 25.5 Å². The molecule has 0 aromatic carbocycles. The first kappa shape index (κ1) is 24.8. The molecule has 0 aromatic rings. The molecule has 7 nitrogen and oxygen atoms in total. The number of carbonyl (C=O) groups is 4.